The monoisotopic (exact) mass is 270 g/mol. The SMILES string of the molecule is NNc1cc(C(=O)NCCC2CC2)nc2ccccc12. The van der Waals surface area contributed by atoms with Gasteiger partial charge >= 0.3 is 0 Å². The van der Waals surface area contributed by atoms with Crippen LogP contribution in [-0.2, 0) is 0 Å². The van der Waals surface area contributed by atoms with Crippen molar-refractivity contribution in [3.05, 3.63) is 36.0 Å². The van der Waals surface area contributed by atoms with Gasteiger partial charge < -0.3 is 10.7 Å². The van der Waals surface area contributed by atoms with Crippen molar-refractivity contribution in [3.63, 3.8) is 0 Å². The number of rotatable bonds is 5. The molecule has 0 spiro atoms. The molecule has 0 unspecified atom stereocenters. The number of para-hydroxylation sites is 1. The normalized spacial score (nSPS) is 14.2. The van der Waals surface area contributed by atoms with Gasteiger partial charge in [-0.25, -0.2) is 4.98 Å². The van der Waals surface area contributed by atoms with Crippen molar-refractivity contribution in [3.8, 4) is 0 Å². The molecule has 20 heavy (non-hydrogen) atoms. The van der Waals surface area contributed by atoms with Crippen molar-refractivity contribution in [2.45, 2.75) is 19.3 Å². The summed E-state index contributed by atoms with van der Waals surface area (Å²) in [6, 6.07) is 9.29. The van der Waals surface area contributed by atoms with Gasteiger partial charge in [-0.1, -0.05) is 31.0 Å². The van der Waals surface area contributed by atoms with Crippen LogP contribution in [0.1, 0.15) is 29.8 Å². The Morgan fingerprint density at radius 1 is 1.35 bits per heavy atom. The van der Waals surface area contributed by atoms with Gasteiger partial charge in [0, 0.05) is 11.9 Å². The first-order valence-electron chi connectivity index (χ1n) is 6.92. The van der Waals surface area contributed by atoms with Gasteiger partial charge in [0.1, 0.15) is 5.69 Å². The Balaban J connectivity index is 1.80. The summed E-state index contributed by atoms with van der Waals surface area (Å²) in [5.41, 5.74) is 4.50. The minimum absolute atomic E-state index is 0.145. The van der Waals surface area contributed by atoms with Crippen LogP contribution in [0, 0.1) is 5.92 Å². The Morgan fingerprint density at radius 2 is 2.15 bits per heavy atom. The van der Waals surface area contributed by atoms with Crippen molar-refractivity contribution in [2.24, 2.45) is 11.8 Å². The Bertz CT molecular complexity index is 637. The second-order valence-corrected chi connectivity index (χ2v) is 5.20. The van der Waals surface area contributed by atoms with E-state index in [1.807, 2.05) is 24.3 Å². The highest BCUT2D eigenvalue weighted by molar-refractivity contribution is 5.99. The average Bonchev–Trinajstić information content (AvgIpc) is 3.30. The predicted molar refractivity (Wildman–Crippen MR) is 79.2 cm³/mol. The van der Waals surface area contributed by atoms with Crippen molar-refractivity contribution in [2.75, 3.05) is 12.0 Å². The molecular formula is C15H18N4O. The highest BCUT2D eigenvalue weighted by Gasteiger charge is 2.21. The maximum absolute atomic E-state index is 12.1. The molecule has 1 saturated carbocycles. The largest absolute Gasteiger partial charge is 0.351 e. The first-order chi connectivity index (χ1) is 9.78. The molecule has 4 N–H and O–H groups in total. The van der Waals surface area contributed by atoms with Gasteiger partial charge in [-0.3, -0.25) is 10.6 Å². The number of hydrogen-bond donors (Lipinski definition) is 3. The van der Waals surface area contributed by atoms with Gasteiger partial charge in [-0.05, 0) is 24.5 Å². The van der Waals surface area contributed by atoms with Crippen LogP contribution in [0.25, 0.3) is 10.9 Å². The number of nitrogen functional groups attached to an aromatic ring is 1. The smallest absolute Gasteiger partial charge is 0.269 e. The fourth-order valence-corrected chi connectivity index (χ4v) is 2.30. The third kappa shape index (κ3) is 2.72. The zero-order valence-electron chi connectivity index (χ0n) is 11.2. The number of hydrogen-bond acceptors (Lipinski definition) is 4. The lowest BCUT2D eigenvalue weighted by molar-refractivity contribution is 0.0948. The Labute approximate surface area is 117 Å². The number of fused-ring (bicyclic) bond motifs is 1. The highest BCUT2D eigenvalue weighted by atomic mass is 16.1. The number of aromatic nitrogens is 1. The molecule has 0 saturated heterocycles. The van der Waals surface area contributed by atoms with E-state index in [-0.39, 0.29) is 5.91 Å². The number of hydrazine groups is 1. The minimum Gasteiger partial charge on any atom is -0.351 e. The van der Waals surface area contributed by atoms with Crippen LogP contribution in [-0.4, -0.2) is 17.4 Å². The van der Waals surface area contributed by atoms with Gasteiger partial charge in [-0.2, -0.15) is 0 Å². The first kappa shape index (κ1) is 12.9. The number of nitrogens with two attached hydrogens (primary N) is 1. The van der Waals surface area contributed by atoms with Crippen LogP contribution < -0.4 is 16.6 Å². The number of amides is 1. The van der Waals surface area contributed by atoms with E-state index in [9.17, 15) is 4.79 Å². The molecule has 104 valence electrons. The summed E-state index contributed by atoms with van der Waals surface area (Å²) in [7, 11) is 0. The number of carbonyl (C=O) groups excluding carboxylic acids is 1. The van der Waals surface area contributed by atoms with Crippen molar-refractivity contribution in [1.29, 1.82) is 0 Å². The molecule has 5 nitrogen and oxygen atoms in total. The zero-order chi connectivity index (χ0) is 13.9. The van der Waals surface area contributed by atoms with Gasteiger partial charge in [0.05, 0.1) is 11.2 Å². The lowest BCUT2D eigenvalue weighted by Crippen LogP contribution is -2.26. The van der Waals surface area contributed by atoms with Gasteiger partial charge in [0.2, 0.25) is 0 Å². The molecule has 1 aliphatic rings. The summed E-state index contributed by atoms with van der Waals surface area (Å²) >= 11 is 0. The molecule has 1 aromatic carbocycles. The Hall–Kier alpha value is -2.14. The fraction of sp³-hybridized carbons (Fsp3) is 0.333. The van der Waals surface area contributed by atoms with E-state index >= 15 is 0 Å². The van der Waals surface area contributed by atoms with E-state index in [4.69, 9.17) is 5.84 Å². The molecule has 1 amide bonds. The van der Waals surface area contributed by atoms with E-state index in [0.29, 0.717) is 17.9 Å². The molecule has 5 heteroatoms. The van der Waals surface area contributed by atoms with Crippen LogP contribution in [0.15, 0.2) is 30.3 Å². The van der Waals surface area contributed by atoms with Crippen LogP contribution in [0.5, 0.6) is 0 Å². The van der Waals surface area contributed by atoms with Crippen molar-refractivity contribution in [1.82, 2.24) is 10.3 Å². The lowest BCUT2D eigenvalue weighted by atomic mass is 10.1. The number of nitrogens with zero attached hydrogens (tertiary/aromatic N) is 1. The van der Waals surface area contributed by atoms with Gasteiger partial charge in [-0.15, -0.1) is 0 Å². The Kier molecular flexibility index (Phi) is 3.52. The third-order valence-corrected chi connectivity index (χ3v) is 3.64. The summed E-state index contributed by atoms with van der Waals surface area (Å²) in [5, 5.41) is 3.82. The van der Waals surface area contributed by atoms with E-state index in [2.05, 4.69) is 15.7 Å². The van der Waals surface area contributed by atoms with Crippen LogP contribution in [0.4, 0.5) is 5.69 Å². The Morgan fingerprint density at radius 3 is 2.90 bits per heavy atom. The van der Waals surface area contributed by atoms with Crippen LogP contribution >= 0.6 is 0 Å². The quantitative estimate of drug-likeness (QED) is 0.574. The fourth-order valence-electron chi connectivity index (χ4n) is 2.30. The topological polar surface area (TPSA) is 80.0 Å². The van der Waals surface area contributed by atoms with Crippen LogP contribution in [0.2, 0.25) is 0 Å². The van der Waals surface area contributed by atoms with E-state index in [0.717, 1.165) is 23.2 Å². The molecule has 1 aliphatic carbocycles. The number of anilines is 1. The lowest BCUT2D eigenvalue weighted by Gasteiger charge is -2.09. The molecule has 1 aromatic heterocycles. The molecule has 0 aliphatic heterocycles. The molecule has 0 radical (unpaired) electrons. The highest BCUT2D eigenvalue weighted by Crippen LogP contribution is 2.31. The summed E-state index contributed by atoms with van der Waals surface area (Å²) in [5.74, 6) is 6.18. The first-order valence-corrected chi connectivity index (χ1v) is 6.92. The van der Waals surface area contributed by atoms with E-state index in [1.54, 1.807) is 6.07 Å². The molecular weight excluding hydrogens is 252 g/mol. The average molecular weight is 270 g/mol. The van der Waals surface area contributed by atoms with E-state index in [1.165, 1.54) is 12.8 Å². The molecule has 1 fully saturated rings. The zero-order valence-corrected chi connectivity index (χ0v) is 11.2. The van der Waals surface area contributed by atoms with Gasteiger partial charge in [0.15, 0.2) is 0 Å². The number of carbonyl (C=O) groups is 1. The number of nitrogens with one attached hydrogen (secondary N) is 2. The van der Waals surface area contributed by atoms with Crippen molar-refractivity contribution < 1.29 is 4.79 Å². The third-order valence-electron chi connectivity index (χ3n) is 3.64. The summed E-state index contributed by atoms with van der Waals surface area (Å²) < 4.78 is 0. The van der Waals surface area contributed by atoms with Crippen molar-refractivity contribution >= 4 is 22.5 Å². The molecule has 0 bridgehead atoms. The molecule has 0 atom stereocenters. The minimum atomic E-state index is -0.145. The summed E-state index contributed by atoms with van der Waals surface area (Å²) in [4.78, 5) is 16.5. The summed E-state index contributed by atoms with van der Waals surface area (Å²) in [6.45, 7) is 0.712. The molecule has 3 rings (SSSR count). The predicted octanol–water partition coefficient (Wildman–Crippen LogP) is 2.05. The number of benzene rings is 1. The maximum Gasteiger partial charge on any atom is 0.269 e. The maximum atomic E-state index is 12.1. The second-order valence-electron chi connectivity index (χ2n) is 5.20. The molecule has 1 heterocycles. The molecule has 2 aromatic rings. The standard InChI is InChI=1S/C15H18N4O/c16-19-13-9-14(15(20)17-8-7-10-5-6-10)18-12-4-2-1-3-11(12)13/h1-4,9-10H,5-8,16H2,(H,17,20)(H,18,19). The van der Waals surface area contributed by atoms with Crippen LogP contribution in [0.3, 0.4) is 0 Å². The van der Waals surface area contributed by atoms with Gasteiger partial charge in [0.25, 0.3) is 5.91 Å². The number of pyridine rings is 1. The summed E-state index contributed by atoms with van der Waals surface area (Å²) in [6.07, 6.45) is 3.65. The second kappa shape index (κ2) is 5.46. The van der Waals surface area contributed by atoms with E-state index < -0.39 is 0 Å².